The number of rotatable bonds is 7. The molecule has 4 fully saturated rings. The number of nitrogens with zero attached hydrogens (tertiary/aromatic N) is 1. The van der Waals surface area contributed by atoms with Crippen LogP contribution >= 0.6 is 0 Å². The fraction of sp³-hybridized carbons (Fsp3) is 0.533. The van der Waals surface area contributed by atoms with Crippen molar-refractivity contribution in [1.82, 2.24) is 10.2 Å². The zero-order chi connectivity index (χ0) is 23.9. The first-order valence-corrected chi connectivity index (χ1v) is 13.0. The summed E-state index contributed by atoms with van der Waals surface area (Å²) in [4.78, 5) is 28.0. The lowest BCUT2D eigenvalue weighted by atomic mass is 9.48. The summed E-state index contributed by atoms with van der Waals surface area (Å²) in [5, 5.41) is 3.02. The molecule has 4 saturated carbocycles. The number of carbonyl (C=O) groups is 2. The molecule has 4 heteroatoms. The second kappa shape index (κ2) is 9.20. The molecule has 180 valence electrons. The van der Waals surface area contributed by atoms with E-state index in [9.17, 15) is 9.59 Å². The van der Waals surface area contributed by atoms with Crippen molar-refractivity contribution in [3.8, 4) is 0 Å². The molecule has 0 heterocycles. The number of amides is 2. The molecule has 0 aliphatic heterocycles. The van der Waals surface area contributed by atoms with Crippen LogP contribution in [-0.4, -0.2) is 29.8 Å². The van der Waals surface area contributed by atoms with Gasteiger partial charge in [-0.3, -0.25) is 9.59 Å². The highest BCUT2D eigenvalue weighted by atomic mass is 16.2. The van der Waals surface area contributed by atoms with Crippen LogP contribution in [-0.2, 0) is 16.8 Å². The van der Waals surface area contributed by atoms with Crippen molar-refractivity contribution in [2.75, 3.05) is 7.05 Å². The van der Waals surface area contributed by atoms with Crippen molar-refractivity contribution < 1.29 is 9.59 Å². The quantitative estimate of drug-likeness (QED) is 0.590. The number of benzene rings is 2. The molecule has 1 unspecified atom stereocenters. The molecule has 6 rings (SSSR count). The summed E-state index contributed by atoms with van der Waals surface area (Å²) in [5.74, 6) is 2.48. The molecule has 2 amide bonds. The lowest BCUT2D eigenvalue weighted by Crippen LogP contribution is -2.50. The molecular weight excluding hydrogens is 420 g/mol. The maximum atomic E-state index is 13.2. The minimum Gasteiger partial charge on any atom is -0.340 e. The smallest absolute Gasteiger partial charge is 0.251 e. The minimum atomic E-state index is -0.552. The normalized spacial score (nSPS) is 28.1. The predicted molar refractivity (Wildman–Crippen MR) is 135 cm³/mol. The Morgan fingerprint density at radius 3 is 2.00 bits per heavy atom. The molecule has 0 spiro atoms. The van der Waals surface area contributed by atoms with E-state index in [-0.39, 0.29) is 17.7 Å². The van der Waals surface area contributed by atoms with Crippen LogP contribution in [0.15, 0.2) is 54.6 Å². The fourth-order valence-electron chi connectivity index (χ4n) is 7.35. The molecule has 0 saturated heterocycles. The van der Waals surface area contributed by atoms with Crippen molar-refractivity contribution in [3.05, 3.63) is 71.3 Å². The first kappa shape index (κ1) is 23.1. The zero-order valence-electron chi connectivity index (χ0n) is 20.8. The second-order valence-corrected chi connectivity index (χ2v) is 11.7. The van der Waals surface area contributed by atoms with Crippen LogP contribution in [0.3, 0.4) is 0 Å². The Hall–Kier alpha value is -2.62. The number of hydrogen-bond acceptors (Lipinski definition) is 2. The van der Waals surface area contributed by atoms with E-state index in [2.05, 4.69) is 17.4 Å². The summed E-state index contributed by atoms with van der Waals surface area (Å²) in [6.07, 6.45) is 8.27. The van der Waals surface area contributed by atoms with E-state index in [1.165, 1.54) is 44.1 Å². The van der Waals surface area contributed by atoms with Gasteiger partial charge in [0.15, 0.2) is 0 Å². The minimum absolute atomic E-state index is 0.000900. The van der Waals surface area contributed by atoms with Gasteiger partial charge in [-0.05, 0) is 90.9 Å². The SMILES string of the molecule is CC(C)C(NC(=O)c1ccc(C23CC4CC(CC(C4)C2)C3)cc1)C(=O)N(C)Cc1ccccc1. The first-order chi connectivity index (χ1) is 16.3. The van der Waals surface area contributed by atoms with E-state index < -0.39 is 6.04 Å². The summed E-state index contributed by atoms with van der Waals surface area (Å²) >= 11 is 0. The van der Waals surface area contributed by atoms with Gasteiger partial charge in [-0.2, -0.15) is 0 Å². The van der Waals surface area contributed by atoms with Crippen LogP contribution in [0, 0.1) is 23.7 Å². The van der Waals surface area contributed by atoms with Crippen molar-refractivity contribution in [3.63, 3.8) is 0 Å². The van der Waals surface area contributed by atoms with Gasteiger partial charge < -0.3 is 10.2 Å². The Morgan fingerprint density at radius 1 is 0.912 bits per heavy atom. The van der Waals surface area contributed by atoms with Gasteiger partial charge >= 0.3 is 0 Å². The fourth-order valence-corrected chi connectivity index (χ4v) is 7.35. The van der Waals surface area contributed by atoms with E-state index >= 15 is 0 Å². The molecule has 1 N–H and O–H groups in total. The predicted octanol–water partition coefficient (Wildman–Crippen LogP) is 5.57. The Bertz CT molecular complexity index is 992. The van der Waals surface area contributed by atoms with Crippen LogP contribution < -0.4 is 5.32 Å². The average Bonchev–Trinajstić information content (AvgIpc) is 2.81. The Morgan fingerprint density at radius 2 is 1.47 bits per heavy atom. The third-order valence-corrected chi connectivity index (χ3v) is 8.66. The lowest BCUT2D eigenvalue weighted by molar-refractivity contribution is -0.133. The third kappa shape index (κ3) is 4.52. The molecule has 4 aliphatic rings. The van der Waals surface area contributed by atoms with Gasteiger partial charge in [-0.15, -0.1) is 0 Å². The van der Waals surface area contributed by atoms with Crippen LogP contribution in [0.5, 0.6) is 0 Å². The summed E-state index contributed by atoms with van der Waals surface area (Å²) in [5.41, 5.74) is 3.47. The lowest BCUT2D eigenvalue weighted by Gasteiger charge is -2.57. The number of nitrogens with one attached hydrogen (secondary N) is 1. The van der Waals surface area contributed by atoms with Crippen molar-refractivity contribution >= 4 is 11.8 Å². The van der Waals surface area contributed by atoms with E-state index in [1.54, 1.807) is 11.9 Å². The summed E-state index contributed by atoms with van der Waals surface area (Å²) in [6, 6.07) is 17.7. The number of hydrogen-bond donors (Lipinski definition) is 1. The van der Waals surface area contributed by atoms with Crippen molar-refractivity contribution in [2.24, 2.45) is 23.7 Å². The number of likely N-dealkylation sites (N-methyl/N-ethyl adjacent to an activating group) is 1. The van der Waals surface area contributed by atoms with Crippen molar-refractivity contribution in [2.45, 2.75) is 70.4 Å². The average molecular weight is 459 g/mol. The summed E-state index contributed by atoms with van der Waals surface area (Å²) < 4.78 is 0. The van der Waals surface area contributed by atoms with Gasteiger partial charge in [0.2, 0.25) is 5.91 Å². The van der Waals surface area contributed by atoms with Crippen LogP contribution in [0.1, 0.15) is 73.9 Å². The molecule has 4 aliphatic carbocycles. The van der Waals surface area contributed by atoms with Gasteiger partial charge in [0, 0.05) is 19.2 Å². The van der Waals surface area contributed by atoms with E-state index in [4.69, 9.17) is 0 Å². The van der Waals surface area contributed by atoms with Crippen LogP contribution in [0.25, 0.3) is 0 Å². The van der Waals surface area contributed by atoms with E-state index in [0.29, 0.717) is 17.5 Å². The molecule has 2 aromatic rings. The highest BCUT2D eigenvalue weighted by molar-refractivity contribution is 5.97. The summed E-state index contributed by atoms with van der Waals surface area (Å²) in [6.45, 7) is 4.49. The Kier molecular flexibility index (Phi) is 6.26. The molecule has 0 radical (unpaired) electrons. The van der Waals surface area contributed by atoms with Gasteiger partial charge in [0.1, 0.15) is 6.04 Å². The highest BCUT2D eigenvalue weighted by Crippen LogP contribution is 2.60. The van der Waals surface area contributed by atoms with Gasteiger partial charge in [0.25, 0.3) is 5.91 Å². The summed E-state index contributed by atoms with van der Waals surface area (Å²) in [7, 11) is 1.80. The molecule has 4 nitrogen and oxygen atoms in total. The molecule has 0 aromatic heterocycles. The largest absolute Gasteiger partial charge is 0.340 e. The second-order valence-electron chi connectivity index (χ2n) is 11.7. The van der Waals surface area contributed by atoms with Crippen LogP contribution in [0.2, 0.25) is 0 Å². The number of carbonyl (C=O) groups excluding carboxylic acids is 2. The topological polar surface area (TPSA) is 49.4 Å². The maximum Gasteiger partial charge on any atom is 0.251 e. The van der Waals surface area contributed by atoms with Gasteiger partial charge in [0.05, 0.1) is 0 Å². The Balaban J connectivity index is 1.26. The maximum absolute atomic E-state index is 13.2. The van der Waals surface area contributed by atoms with Gasteiger partial charge in [-0.1, -0.05) is 56.3 Å². The molecular formula is C30H38N2O2. The van der Waals surface area contributed by atoms with E-state index in [0.717, 1.165) is 23.3 Å². The van der Waals surface area contributed by atoms with Crippen molar-refractivity contribution in [1.29, 1.82) is 0 Å². The molecule has 2 aromatic carbocycles. The zero-order valence-corrected chi connectivity index (χ0v) is 20.8. The molecule has 1 atom stereocenters. The third-order valence-electron chi connectivity index (χ3n) is 8.66. The van der Waals surface area contributed by atoms with Crippen LogP contribution in [0.4, 0.5) is 0 Å². The Labute approximate surface area is 204 Å². The molecule has 4 bridgehead atoms. The highest BCUT2D eigenvalue weighted by Gasteiger charge is 2.51. The van der Waals surface area contributed by atoms with Gasteiger partial charge in [-0.25, -0.2) is 0 Å². The van der Waals surface area contributed by atoms with E-state index in [1.807, 2.05) is 56.3 Å². The first-order valence-electron chi connectivity index (χ1n) is 13.0. The molecule has 34 heavy (non-hydrogen) atoms. The monoisotopic (exact) mass is 458 g/mol. The standard InChI is InChI=1S/C30H38N2O2/c1-20(2)27(29(34)32(3)19-21-7-5-4-6-8-21)31-28(33)25-9-11-26(12-10-25)30-16-22-13-23(17-30)15-24(14-22)18-30/h4-12,20,22-24,27H,13-19H2,1-3H3,(H,31,33).